The molecule has 1 N–H and O–H groups in total. The molecule has 2 heteroatoms. The van der Waals surface area contributed by atoms with Crippen molar-refractivity contribution in [2.75, 3.05) is 20.1 Å². The van der Waals surface area contributed by atoms with Gasteiger partial charge in [0, 0.05) is 12.1 Å². The fourth-order valence-corrected chi connectivity index (χ4v) is 2.92. The summed E-state index contributed by atoms with van der Waals surface area (Å²) in [4.78, 5) is 2.68. The van der Waals surface area contributed by atoms with E-state index < -0.39 is 0 Å². The van der Waals surface area contributed by atoms with Gasteiger partial charge < -0.3 is 10.2 Å². The molecule has 1 heterocycles. The summed E-state index contributed by atoms with van der Waals surface area (Å²) in [6, 6.07) is 1.64. The summed E-state index contributed by atoms with van der Waals surface area (Å²) in [7, 11) is 2.35. The highest BCUT2D eigenvalue weighted by Crippen LogP contribution is 2.19. The van der Waals surface area contributed by atoms with Crippen LogP contribution in [-0.4, -0.2) is 37.1 Å². The van der Waals surface area contributed by atoms with Gasteiger partial charge in [0.1, 0.15) is 0 Å². The van der Waals surface area contributed by atoms with Crippen molar-refractivity contribution in [3.63, 3.8) is 0 Å². The molecule has 1 aliphatic heterocycles. The van der Waals surface area contributed by atoms with E-state index in [2.05, 4.69) is 31.1 Å². The zero-order valence-electron chi connectivity index (χ0n) is 11.5. The van der Waals surface area contributed by atoms with Crippen LogP contribution >= 0.6 is 0 Å². The first-order valence-corrected chi connectivity index (χ1v) is 7.22. The Balaban J connectivity index is 2.46. The van der Waals surface area contributed by atoms with Crippen molar-refractivity contribution in [1.29, 1.82) is 0 Å². The number of hydrogen-bond acceptors (Lipinski definition) is 2. The molecule has 16 heavy (non-hydrogen) atoms. The highest BCUT2D eigenvalue weighted by molar-refractivity contribution is 4.79. The van der Waals surface area contributed by atoms with Crippen molar-refractivity contribution in [1.82, 2.24) is 10.2 Å². The van der Waals surface area contributed by atoms with E-state index in [-0.39, 0.29) is 0 Å². The van der Waals surface area contributed by atoms with E-state index in [0.29, 0.717) is 0 Å². The van der Waals surface area contributed by atoms with Gasteiger partial charge in [0.25, 0.3) is 0 Å². The third-order valence-electron chi connectivity index (χ3n) is 3.94. The number of rotatable bonds is 6. The lowest BCUT2D eigenvalue weighted by atomic mass is 10.00. The smallest absolute Gasteiger partial charge is 0.0108 e. The van der Waals surface area contributed by atoms with E-state index in [0.717, 1.165) is 12.1 Å². The Morgan fingerprint density at radius 2 is 1.81 bits per heavy atom. The summed E-state index contributed by atoms with van der Waals surface area (Å²) < 4.78 is 0. The second-order valence-electron chi connectivity index (χ2n) is 5.23. The summed E-state index contributed by atoms with van der Waals surface area (Å²) in [6.07, 6.45) is 9.44. The standard InChI is InChI=1S/C14H30N2/c1-4-7-13(8-5-2)16(3)14-9-6-11-15-12-10-14/h13-15H,4-12H2,1-3H3. The van der Waals surface area contributed by atoms with Gasteiger partial charge in [0.2, 0.25) is 0 Å². The summed E-state index contributed by atoms with van der Waals surface area (Å²) >= 11 is 0. The maximum Gasteiger partial charge on any atom is 0.0108 e. The zero-order valence-corrected chi connectivity index (χ0v) is 11.5. The highest BCUT2D eigenvalue weighted by Gasteiger charge is 2.22. The van der Waals surface area contributed by atoms with Crippen molar-refractivity contribution in [3.05, 3.63) is 0 Å². The molecule has 0 bridgehead atoms. The lowest BCUT2D eigenvalue weighted by molar-refractivity contribution is 0.143. The average molecular weight is 226 g/mol. The van der Waals surface area contributed by atoms with E-state index in [9.17, 15) is 0 Å². The van der Waals surface area contributed by atoms with Crippen molar-refractivity contribution >= 4 is 0 Å². The van der Waals surface area contributed by atoms with Crippen LogP contribution in [0.1, 0.15) is 58.8 Å². The van der Waals surface area contributed by atoms with E-state index >= 15 is 0 Å². The van der Waals surface area contributed by atoms with Crippen LogP contribution in [0.4, 0.5) is 0 Å². The minimum absolute atomic E-state index is 0.818. The third kappa shape index (κ3) is 4.42. The molecular formula is C14H30N2. The van der Waals surface area contributed by atoms with E-state index in [4.69, 9.17) is 0 Å². The van der Waals surface area contributed by atoms with Crippen LogP contribution in [0.3, 0.4) is 0 Å². The molecule has 2 nitrogen and oxygen atoms in total. The molecule has 0 spiro atoms. The second-order valence-corrected chi connectivity index (χ2v) is 5.23. The van der Waals surface area contributed by atoms with E-state index in [1.165, 1.54) is 58.0 Å². The zero-order chi connectivity index (χ0) is 11.8. The van der Waals surface area contributed by atoms with E-state index in [1.807, 2.05) is 0 Å². The minimum atomic E-state index is 0.818. The quantitative estimate of drug-likeness (QED) is 0.749. The molecule has 0 amide bonds. The molecule has 1 atom stereocenters. The van der Waals surface area contributed by atoms with Crippen LogP contribution < -0.4 is 5.32 Å². The Bertz CT molecular complexity index is 154. The van der Waals surface area contributed by atoms with Crippen molar-refractivity contribution < 1.29 is 0 Å². The molecule has 1 saturated heterocycles. The monoisotopic (exact) mass is 226 g/mol. The summed E-state index contributed by atoms with van der Waals surface area (Å²) in [5, 5.41) is 3.51. The van der Waals surface area contributed by atoms with Crippen LogP contribution in [0.15, 0.2) is 0 Å². The molecular weight excluding hydrogens is 196 g/mol. The Morgan fingerprint density at radius 1 is 1.12 bits per heavy atom. The first-order valence-electron chi connectivity index (χ1n) is 7.22. The van der Waals surface area contributed by atoms with Gasteiger partial charge >= 0.3 is 0 Å². The maximum atomic E-state index is 3.51. The molecule has 1 fully saturated rings. The first-order chi connectivity index (χ1) is 7.79. The SMILES string of the molecule is CCCC(CCC)N(C)C1CCCNCC1. The molecule has 1 rings (SSSR count). The Hall–Kier alpha value is -0.0800. The number of nitrogens with one attached hydrogen (secondary N) is 1. The largest absolute Gasteiger partial charge is 0.317 e. The van der Waals surface area contributed by atoms with Gasteiger partial charge in [-0.25, -0.2) is 0 Å². The molecule has 0 aromatic rings. The molecule has 1 unspecified atom stereocenters. The van der Waals surface area contributed by atoms with Gasteiger partial charge in [0.15, 0.2) is 0 Å². The van der Waals surface area contributed by atoms with Crippen LogP contribution in [0.2, 0.25) is 0 Å². The normalized spacial score (nSPS) is 22.7. The molecule has 96 valence electrons. The number of hydrogen-bond donors (Lipinski definition) is 1. The Labute approximate surface area is 102 Å². The fraction of sp³-hybridized carbons (Fsp3) is 1.00. The van der Waals surface area contributed by atoms with Crippen molar-refractivity contribution in [3.8, 4) is 0 Å². The molecule has 1 aliphatic rings. The number of nitrogens with zero attached hydrogens (tertiary/aromatic N) is 1. The molecule has 0 saturated carbocycles. The topological polar surface area (TPSA) is 15.3 Å². The van der Waals surface area contributed by atoms with Crippen LogP contribution in [0, 0.1) is 0 Å². The lowest BCUT2D eigenvalue weighted by Crippen LogP contribution is -2.40. The van der Waals surface area contributed by atoms with Gasteiger partial charge in [0.05, 0.1) is 0 Å². The summed E-state index contributed by atoms with van der Waals surface area (Å²) in [5.41, 5.74) is 0. The van der Waals surface area contributed by atoms with Gasteiger partial charge in [-0.1, -0.05) is 26.7 Å². The van der Waals surface area contributed by atoms with Gasteiger partial charge in [-0.05, 0) is 52.2 Å². The average Bonchev–Trinajstić information content (AvgIpc) is 2.56. The predicted octanol–water partition coefficient (Wildman–Crippen LogP) is 3.03. The third-order valence-corrected chi connectivity index (χ3v) is 3.94. The highest BCUT2D eigenvalue weighted by atomic mass is 15.2. The van der Waals surface area contributed by atoms with Crippen LogP contribution in [0.25, 0.3) is 0 Å². The van der Waals surface area contributed by atoms with E-state index in [1.54, 1.807) is 0 Å². The van der Waals surface area contributed by atoms with Gasteiger partial charge in [-0.15, -0.1) is 0 Å². The van der Waals surface area contributed by atoms with Crippen molar-refractivity contribution in [2.45, 2.75) is 70.9 Å². The first kappa shape index (κ1) is 14.0. The van der Waals surface area contributed by atoms with Gasteiger partial charge in [-0.3, -0.25) is 0 Å². The lowest BCUT2D eigenvalue weighted by Gasteiger charge is -2.34. The molecule has 0 aromatic carbocycles. The molecule has 0 radical (unpaired) electrons. The van der Waals surface area contributed by atoms with Crippen LogP contribution in [0.5, 0.6) is 0 Å². The Kier molecular flexibility index (Phi) is 7.06. The van der Waals surface area contributed by atoms with Gasteiger partial charge in [-0.2, -0.15) is 0 Å². The molecule has 0 aliphatic carbocycles. The molecule has 0 aromatic heterocycles. The summed E-state index contributed by atoms with van der Waals surface area (Å²) in [6.45, 7) is 7.05. The second kappa shape index (κ2) is 8.08. The Morgan fingerprint density at radius 3 is 2.44 bits per heavy atom. The van der Waals surface area contributed by atoms with Crippen molar-refractivity contribution in [2.24, 2.45) is 0 Å². The predicted molar refractivity (Wildman–Crippen MR) is 71.9 cm³/mol. The minimum Gasteiger partial charge on any atom is -0.317 e. The van der Waals surface area contributed by atoms with Crippen LogP contribution in [-0.2, 0) is 0 Å². The summed E-state index contributed by atoms with van der Waals surface area (Å²) in [5.74, 6) is 0. The maximum absolute atomic E-state index is 3.51. The fourth-order valence-electron chi connectivity index (χ4n) is 2.92.